The number of carbonyl (C=O) groups excluding carboxylic acids is 1. The third-order valence-electron chi connectivity index (χ3n) is 1.90. The average Bonchev–Trinajstić information content (AvgIpc) is 2.65. The first-order valence-electron chi connectivity index (χ1n) is 4.71. The normalized spacial score (nSPS) is 9.38. The van der Waals surface area contributed by atoms with Crippen LogP contribution < -0.4 is 0 Å². The SMILES string of the molecule is CCOC=O.Oc1cccc2c1ccn2F. The van der Waals surface area contributed by atoms with Crippen molar-refractivity contribution in [3.63, 3.8) is 0 Å². The molecule has 1 aromatic carbocycles. The number of aromatic nitrogens is 1. The van der Waals surface area contributed by atoms with Crippen LogP contribution in [0.15, 0.2) is 30.5 Å². The van der Waals surface area contributed by atoms with Crippen LogP contribution in [0.4, 0.5) is 4.48 Å². The van der Waals surface area contributed by atoms with Crippen LogP contribution in [-0.4, -0.2) is 23.0 Å². The third-order valence-corrected chi connectivity index (χ3v) is 1.90. The number of fused-ring (bicyclic) bond motifs is 1. The maximum absolute atomic E-state index is 12.7. The Morgan fingerprint density at radius 3 is 2.75 bits per heavy atom. The highest BCUT2D eigenvalue weighted by Gasteiger charge is 2.02. The minimum atomic E-state index is 0.110. The zero-order valence-electron chi connectivity index (χ0n) is 8.76. The molecule has 0 saturated heterocycles. The lowest BCUT2D eigenvalue weighted by molar-refractivity contribution is -0.128. The Labute approximate surface area is 91.8 Å². The fourth-order valence-corrected chi connectivity index (χ4v) is 1.19. The van der Waals surface area contributed by atoms with Gasteiger partial charge >= 0.3 is 0 Å². The fourth-order valence-electron chi connectivity index (χ4n) is 1.19. The molecule has 0 radical (unpaired) electrons. The van der Waals surface area contributed by atoms with Crippen LogP contribution in [0.25, 0.3) is 10.9 Å². The van der Waals surface area contributed by atoms with Crippen LogP contribution in [0.5, 0.6) is 5.75 Å². The highest BCUT2D eigenvalue weighted by atomic mass is 19.2. The zero-order chi connectivity index (χ0) is 12.0. The molecule has 0 amide bonds. The summed E-state index contributed by atoms with van der Waals surface area (Å²) in [6.07, 6.45) is 1.27. The molecule has 0 fully saturated rings. The van der Waals surface area contributed by atoms with Crippen molar-refractivity contribution in [3.05, 3.63) is 30.5 Å². The average molecular weight is 225 g/mol. The number of benzene rings is 1. The third kappa shape index (κ3) is 2.73. The van der Waals surface area contributed by atoms with Gasteiger partial charge in [-0.05, 0) is 25.1 Å². The molecule has 4 nitrogen and oxygen atoms in total. The second-order valence-corrected chi connectivity index (χ2v) is 2.89. The summed E-state index contributed by atoms with van der Waals surface area (Å²) in [6, 6.07) is 6.27. The molecule has 0 aliphatic heterocycles. The van der Waals surface area contributed by atoms with Gasteiger partial charge in [-0.15, -0.1) is 0 Å². The molecule has 5 heteroatoms. The van der Waals surface area contributed by atoms with Crippen molar-refractivity contribution < 1.29 is 19.1 Å². The number of phenolic OH excluding ortho intramolecular Hbond substituents is 1. The first kappa shape index (κ1) is 12.0. The molecule has 1 heterocycles. The van der Waals surface area contributed by atoms with Crippen LogP contribution in [-0.2, 0) is 9.53 Å². The molecule has 16 heavy (non-hydrogen) atoms. The van der Waals surface area contributed by atoms with Crippen molar-refractivity contribution in [2.75, 3.05) is 6.61 Å². The first-order valence-corrected chi connectivity index (χ1v) is 4.71. The van der Waals surface area contributed by atoms with Crippen molar-refractivity contribution in [1.29, 1.82) is 0 Å². The summed E-state index contributed by atoms with van der Waals surface area (Å²) in [5.41, 5.74) is 0.394. The number of aromatic hydroxyl groups is 1. The second kappa shape index (κ2) is 5.75. The Kier molecular flexibility index (Phi) is 4.32. The summed E-state index contributed by atoms with van der Waals surface area (Å²) in [6.45, 7) is 2.66. The zero-order valence-corrected chi connectivity index (χ0v) is 8.76. The van der Waals surface area contributed by atoms with Gasteiger partial charge in [0.05, 0.1) is 12.1 Å². The number of carbonyl (C=O) groups is 1. The van der Waals surface area contributed by atoms with Crippen molar-refractivity contribution >= 4 is 17.4 Å². The molecule has 2 aromatic rings. The molecular formula is C11H12FNO3. The van der Waals surface area contributed by atoms with E-state index >= 15 is 0 Å². The van der Waals surface area contributed by atoms with Crippen molar-refractivity contribution in [2.24, 2.45) is 0 Å². The number of rotatable bonds is 2. The quantitative estimate of drug-likeness (QED) is 0.797. The smallest absolute Gasteiger partial charge is 0.293 e. The number of phenols is 1. The second-order valence-electron chi connectivity index (χ2n) is 2.89. The summed E-state index contributed by atoms with van der Waals surface area (Å²) in [4.78, 5) is 9.66. The number of halogens is 1. The van der Waals surface area contributed by atoms with Gasteiger partial charge in [-0.1, -0.05) is 10.5 Å². The maximum atomic E-state index is 12.7. The monoisotopic (exact) mass is 225 g/mol. The van der Waals surface area contributed by atoms with E-state index in [-0.39, 0.29) is 5.75 Å². The summed E-state index contributed by atoms with van der Waals surface area (Å²) in [7, 11) is 0. The highest BCUT2D eigenvalue weighted by Crippen LogP contribution is 2.24. The maximum Gasteiger partial charge on any atom is 0.293 e. The number of nitrogens with zero attached hydrogens (tertiary/aromatic N) is 1. The molecule has 1 aromatic heterocycles. The van der Waals surface area contributed by atoms with Crippen molar-refractivity contribution in [3.8, 4) is 5.75 Å². The standard InChI is InChI=1S/C8H6FNO.C3H6O2/c9-10-5-4-6-7(10)2-1-3-8(6)11;1-2-5-3-4/h1-5,11H;3H,2H2,1H3. The molecule has 0 bridgehead atoms. The topological polar surface area (TPSA) is 51.5 Å². The van der Waals surface area contributed by atoms with Crippen molar-refractivity contribution in [1.82, 2.24) is 4.79 Å². The molecule has 0 aliphatic carbocycles. The van der Waals surface area contributed by atoms with E-state index in [0.29, 0.717) is 28.8 Å². The van der Waals surface area contributed by atoms with Crippen LogP contribution in [0, 0.1) is 0 Å². The fraction of sp³-hybridized carbons (Fsp3) is 0.182. The van der Waals surface area contributed by atoms with Gasteiger partial charge in [0.15, 0.2) is 0 Å². The van der Waals surface area contributed by atoms with E-state index in [2.05, 4.69) is 4.74 Å². The van der Waals surface area contributed by atoms with Crippen LogP contribution >= 0.6 is 0 Å². The van der Waals surface area contributed by atoms with Crippen LogP contribution in [0.3, 0.4) is 0 Å². The molecule has 2 rings (SSSR count). The van der Waals surface area contributed by atoms with E-state index in [1.54, 1.807) is 19.1 Å². The van der Waals surface area contributed by atoms with Gasteiger partial charge in [0.25, 0.3) is 6.47 Å². The van der Waals surface area contributed by atoms with Gasteiger partial charge in [-0.25, -0.2) is 0 Å². The minimum absolute atomic E-state index is 0.110. The summed E-state index contributed by atoms with van der Waals surface area (Å²) < 4.78 is 16.9. The highest BCUT2D eigenvalue weighted by molar-refractivity contribution is 5.85. The van der Waals surface area contributed by atoms with Crippen molar-refractivity contribution in [2.45, 2.75) is 6.92 Å². The van der Waals surface area contributed by atoms with Gasteiger partial charge < -0.3 is 9.84 Å². The predicted octanol–water partition coefficient (Wildman–Crippen LogP) is 2.26. The van der Waals surface area contributed by atoms with E-state index in [1.165, 1.54) is 18.3 Å². The number of hydrogen-bond acceptors (Lipinski definition) is 3. The van der Waals surface area contributed by atoms with Gasteiger partial charge in [0.2, 0.25) is 0 Å². The molecule has 0 unspecified atom stereocenters. The Morgan fingerprint density at radius 2 is 2.25 bits per heavy atom. The number of hydrogen-bond donors (Lipinski definition) is 1. The lowest BCUT2D eigenvalue weighted by atomic mass is 10.2. The summed E-state index contributed by atoms with van der Waals surface area (Å²) >= 11 is 0. The Balaban J connectivity index is 0.000000221. The molecule has 0 saturated carbocycles. The Morgan fingerprint density at radius 1 is 1.50 bits per heavy atom. The van der Waals surface area contributed by atoms with Gasteiger partial charge in [0.1, 0.15) is 5.75 Å². The molecule has 0 atom stereocenters. The number of ether oxygens (including phenoxy) is 1. The van der Waals surface area contributed by atoms with E-state index in [4.69, 9.17) is 0 Å². The van der Waals surface area contributed by atoms with E-state index < -0.39 is 0 Å². The van der Waals surface area contributed by atoms with Gasteiger partial charge in [0, 0.05) is 11.6 Å². The largest absolute Gasteiger partial charge is 0.507 e. The van der Waals surface area contributed by atoms with E-state index in [9.17, 15) is 14.4 Å². The minimum Gasteiger partial charge on any atom is -0.507 e. The van der Waals surface area contributed by atoms with E-state index in [0.717, 1.165) is 0 Å². The Hall–Kier alpha value is -2.04. The van der Waals surface area contributed by atoms with Gasteiger partial charge in [-0.3, -0.25) is 4.79 Å². The van der Waals surface area contributed by atoms with Crippen LogP contribution in [0.2, 0.25) is 0 Å². The summed E-state index contributed by atoms with van der Waals surface area (Å²) in [5.74, 6) is 0.110. The molecule has 0 aliphatic rings. The predicted molar refractivity (Wildman–Crippen MR) is 57.8 cm³/mol. The van der Waals surface area contributed by atoms with E-state index in [1.807, 2.05) is 0 Å². The molecule has 86 valence electrons. The molecule has 0 spiro atoms. The molecule has 1 N–H and O–H groups in total. The molecular weight excluding hydrogens is 213 g/mol. The lowest BCUT2D eigenvalue weighted by Crippen LogP contribution is -1.80. The summed E-state index contributed by atoms with van der Waals surface area (Å²) in [5, 5.41) is 9.74. The van der Waals surface area contributed by atoms with Gasteiger partial charge in [-0.2, -0.15) is 4.79 Å². The Bertz CT molecular complexity index is 467. The lowest BCUT2D eigenvalue weighted by Gasteiger charge is -1.93. The van der Waals surface area contributed by atoms with Crippen LogP contribution in [0.1, 0.15) is 6.92 Å². The first-order chi connectivity index (χ1) is 7.70.